The molecule has 1 aliphatic rings. The highest BCUT2D eigenvalue weighted by atomic mass is 32.1. The van der Waals surface area contributed by atoms with Crippen molar-refractivity contribution in [2.75, 3.05) is 20.8 Å². The maximum Gasteiger partial charge on any atom is 0.338 e. The third-order valence-corrected chi connectivity index (χ3v) is 6.02. The van der Waals surface area contributed by atoms with Crippen molar-refractivity contribution in [2.24, 2.45) is 5.10 Å². The Balaban J connectivity index is 1.57. The van der Waals surface area contributed by atoms with E-state index in [9.17, 15) is 9.59 Å². The minimum Gasteiger partial charge on any atom is -0.493 e. The predicted molar refractivity (Wildman–Crippen MR) is 121 cm³/mol. The van der Waals surface area contributed by atoms with Gasteiger partial charge in [0.05, 0.1) is 36.4 Å². The average Bonchev–Trinajstić information content (AvgIpc) is 3.52. The summed E-state index contributed by atoms with van der Waals surface area (Å²) >= 11 is 1.56. The molecule has 0 fully saturated rings. The van der Waals surface area contributed by atoms with E-state index < -0.39 is 18.5 Å². The number of hydrazone groups is 1. The van der Waals surface area contributed by atoms with Crippen LogP contribution in [-0.4, -0.2) is 43.4 Å². The maximum absolute atomic E-state index is 13.0. The standard InChI is InChI=1S/C24H22N2O5S/c1-29-20-11-10-17(13-21(20)30-2)19-14-18(22-9-6-12-32-22)25-26(19)23(27)15-31-24(28)16-7-4-3-5-8-16/h3-13,19H,14-15H2,1-2H3. The van der Waals surface area contributed by atoms with Crippen molar-refractivity contribution in [3.8, 4) is 11.5 Å². The van der Waals surface area contributed by atoms with E-state index in [-0.39, 0.29) is 6.04 Å². The van der Waals surface area contributed by atoms with Gasteiger partial charge in [-0.1, -0.05) is 30.3 Å². The van der Waals surface area contributed by atoms with Crippen molar-refractivity contribution in [2.45, 2.75) is 12.5 Å². The Morgan fingerprint density at radius 2 is 1.81 bits per heavy atom. The summed E-state index contributed by atoms with van der Waals surface area (Å²) in [5, 5.41) is 7.95. The van der Waals surface area contributed by atoms with Crippen molar-refractivity contribution in [3.63, 3.8) is 0 Å². The lowest BCUT2D eigenvalue weighted by Crippen LogP contribution is -2.31. The third-order valence-electron chi connectivity index (χ3n) is 5.10. The number of esters is 1. The Hall–Kier alpha value is -3.65. The maximum atomic E-state index is 13.0. The highest BCUT2D eigenvalue weighted by Crippen LogP contribution is 2.37. The van der Waals surface area contributed by atoms with Gasteiger partial charge in [-0.05, 0) is 41.3 Å². The van der Waals surface area contributed by atoms with Crippen molar-refractivity contribution in [3.05, 3.63) is 82.0 Å². The van der Waals surface area contributed by atoms with Gasteiger partial charge in [0.2, 0.25) is 0 Å². The Morgan fingerprint density at radius 3 is 2.50 bits per heavy atom. The summed E-state index contributed by atoms with van der Waals surface area (Å²) < 4.78 is 16.0. The van der Waals surface area contributed by atoms with Gasteiger partial charge >= 0.3 is 5.97 Å². The van der Waals surface area contributed by atoms with E-state index in [4.69, 9.17) is 14.2 Å². The normalized spacial score (nSPS) is 15.2. The summed E-state index contributed by atoms with van der Waals surface area (Å²) in [6.07, 6.45) is 0.536. The fourth-order valence-corrected chi connectivity index (χ4v) is 4.22. The fourth-order valence-electron chi connectivity index (χ4n) is 3.50. The number of methoxy groups -OCH3 is 2. The highest BCUT2D eigenvalue weighted by molar-refractivity contribution is 7.12. The lowest BCUT2D eigenvalue weighted by molar-refractivity contribution is -0.136. The van der Waals surface area contributed by atoms with Gasteiger partial charge in [0.1, 0.15) is 0 Å². The van der Waals surface area contributed by atoms with E-state index in [0.29, 0.717) is 23.5 Å². The van der Waals surface area contributed by atoms with Crippen LogP contribution in [0.1, 0.15) is 33.3 Å². The topological polar surface area (TPSA) is 77.4 Å². The number of hydrogen-bond donors (Lipinski definition) is 0. The number of amides is 1. The summed E-state index contributed by atoms with van der Waals surface area (Å²) in [6.45, 7) is -0.404. The molecule has 1 amide bonds. The van der Waals surface area contributed by atoms with Crippen LogP contribution >= 0.6 is 11.3 Å². The minimum absolute atomic E-state index is 0.352. The van der Waals surface area contributed by atoms with Gasteiger partial charge in [-0.15, -0.1) is 11.3 Å². The molecule has 1 unspecified atom stereocenters. The zero-order chi connectivity index (χ0) is 22.5. The molecule has 0 N–H and O–H groups in total. The number of hydrogen-bond acceptors (Lipinski definition) is 7. The van der Waals surface area contributed by atoms with Gasteiger partial charge in [0.25, 0.3) is 5.91 Å². The molecule has 0 radical (unpaired) electrons. The van der Waals surface area contributed by atoms with Crippen LogP contribution in [0, 0.1) is 0 Å². The van der Waals surface area contributed by atoms with Crippen LogP contribution in [0.4, 0.5) is 0 Å². The first-order chi connectivity index (χ1) is 15.6. The zero-order valence-electron chi connectivity index (χ0n) is 17.7. The van der Waals surface area contributed by atoms with Crippen LogP contribution in [0.2, 0.25) is 0 Å². The molecule has 0 bridgehead atoms. The molecule has 1 atom stereocenters. The molecule has 3 aromatic rings. The van der Waals surface area contributed by atoms with Crippen molar-refractivity contribution < 1.29 is 23.8 Å². The first kappa shape index (κ1) is 21.6. The van der Waals surface area contributed by atoms with Crippen LogP contribution in [0.3, 0.4) is 0 Å². The summed E-state index contributed by atoms with van der Waals surface area (Å²) in [6, 6.07) is 17.7. The minimum atomic E-state index is -0.553. The van der Waals surface area contributed by atoms with Gasteiger partial charge < -0.3 is 14.2 Å². The molecule has 2 aromatic carbocycles. The van der Waals surface area contributed by atoms with Crippen LogP contribution in [0.25, 0.3) is 0 Å². The highest BCUT2D eigenvalue weighted by Gasteiger charge is 2.34. The van der Waals surface area contributed by atoms with Gasteiger partial charge in [-0.3, -0.25) is 4.79 Å². The van der Waals surface area contributed by atoms with Crippen LogP contribution in [0.15, 0.2) is 71.1 Å². The summed E-state index contributed by atoms with van der Waals surface area (Å²) in [7, 11) is 3.14. The van der Waals surface area contributed by atoms with Gasteiger partial charge in [0, 0.05) is 6.42 Å². The summed E-state index contributed by atoms with van der Waals surface area (Å²) in [5.41, 5.74) is 2.05. The molecule has 0 saturated carbocycles. The lowest BCUT2D eigenvalue weighted by atomic mass is 10.0. The molecule has 0 aliphatic carbocycles. The first-order valence-corrected chi connectivity index (χ1v) is 10.9. The van der Waals surface area contributed by atoms with Crippen LogP contribution in [-0.2, 0) is 9.53 Å². The number of nitrogens with zero attached hydrogens (tertiary/aromatic N) is 2. The second-order valence-corrected chi connectivity index (χ2v) is 7.99. The van der Waals surface area contributed by atoms with Gasteiger partial charge in [0.15, 0.2) is 18.1 Å². The summed E-state index contributed by atoms with van der Waals surface area (Å²) in [4.78, 5) is 26.3. The SMILES string of the molecule is COc1ccc(C2CC(c3cccs3)=NN2C(=O)COC(=O)c2ccccc2)cc1OC. The Morgan fingerprint density at radius 1 is 1.03 bits per heavy atom. The molecular weight excluding hydrogens is 428 g/mol. The number of rotatable bonds is 7. The van der Waals surface area contributed by atoms with Crippen molar-refractivity contribution >= 4 is 28.9 Å². The number of carbonyl (C=O) groups excluding carboxylic acids is 2. The monoisotopic (exact) mass is 450 g/mol. The van der Waals surface area contributed by atoms with E-state index >= 15 is 0 Å². The quantitative estimate of drug-likeness (QED) is 0.502. The molecule has 1 aromatic heterocycles. The molecular formula is C24H22N2O5S. The number of ether oxygens (including phenoxy) is 3. The molecule has 7 nitrogen and oxygen atoms in total. The molecule has 2 heterocycles. The van der Waals surface area contributed by atoms with E-state index in [1.54, 1.807) is 62.0 Å². The smallest absolute Gasteiger partial charge is 0.338 e. The van der Waals surface area contributed by atoms with Crippen molar-refractivity contribution in [1.82, 2.24) is 5.01 Å². The van der Waals surface area contributed by atoms with Gasteiger partial charge in [-0.25, -0.2) is 9.80 Å². The zero-order valence-corrected chi connectivity index (χ0v) is 18.5. The summed E-state index contributed by atoms with van der Waals surface area (Å²) in [5.74, 6) is 0.213. The Kier molecular flexibility index (Phi) is 6.51. The van der Waals surface area contributed by atoms with Crippen molar-refractivity contribution in [1.29, 1.82) is 0 Å². The lowest BCUT2D eigenvalue weighted by Gasteiger charge is -2.22. The first-order valence-electron chi connectivity index (χ1n) is 9.98. The van der Waals surface area contributed by atoms with E-state index in [0.717, 1.165) is 16.2 Å². The van der Waals surface area contributed by atoms with Gasteiger partial charge in [-0.2, -0.15) is 5.10 Å². The Bertz CT molecular complexity index is 1130. The molecule has 0 spiro atoms. The third kappa shape index (κ3) is 4.50. The number of thiophene rings is 1. The number of carbonyl (C=O) groups is 2. The number of benzene rings is 2. The van der Waals surface area contributed by atoms with E-state index in [2.05, 4.69) is 5.10 Å². The second kappa shape index (κ2) is 9.65. The molecule has 4 rings (SSSR count). The van der Waals surface area contributed by atoms with Crippen LogP contribution < -0.4 is 9.47 Å². The predicted octanol–water partition coefficient (Wildman–Crippen LogP) is 4.30. The molecule has 32 heavy (non-hydrogen) atoms. The fraction of sp³-hybridized carbons (Fsp3) is 0.208. The Labute approximate surface area is 189 Å². The molecule has 0 saturated heterocycles. The second-order valence-electron chi connectivity index (χ2n) is 7.04. The largest absolute Gasteiger partial charge is 0.493 e. The molecule has 164 valence electrons. The average molecular weight is 451 g/mol. The van der Waals surface area contributed by atoms with Crippen LogP contribution in [0.5, 0.6) is 11.5 Å². The van der Waals surface area contributed by atoms with E-state index in [1.165, 1.54) is 5.01 Å². The molecule has 8 heteroatoms. The van der Waals surface area contributed by atoms with E-state index in [1.807, 2.05) is 29.6 Å². The molecule has 1 aliphatic heterocycles.